The van der Waals surface area contributed by atoms with Crippen LogP contribution >= 0.6 is 11.6 Å². The van der Waals surface area contributed by atoms with Gasteiger partial charge in [0.15, 0.2) is 0 Å². The van der Waals surface area contributed by atoms with Crippen molar-refractivity contribution < 1.29 is 4.42 Å². The molecule has 2 heteroatoms. The first-order valence-electron chi connectivity index (χ1n) is 6.24. The van der Waals surface area contributed by atoms with Crippen LogP contribution in [0.15, 0.2) is 52.9 Å². The van der Waals surface area contributed by atoms with Gasteiger partial charge in [-0.1, -0.05) is 35.9 Å². The van der Waals surface area contributed by atoms with Crippen molar-refractivity contribution in [1.82, 2.24) is 0 Å². The van der Waals surface area contributed by atoms with Crippen LogP contribution in [0.5, 0.6) is 0 Å². The van der Waals surface area contributed by atoms with Crippen molar-refractivity contribution >= 4 is 44.3 Å². The van der Waals surface area contributed by atoms with Gasteiger partial charge in [0.1, 0.15) is 11.2 Å². The lowest BCUT2D eigenvalue weighted by Gasteiger charge is -2.02. The molecule has 0 fully saturated rings. The van der Waals surface area contributed by atoms with Gasteiger partial charge in [0.05, 0.1) is 0 Å². The van der Waals surface area contributed by atoms with Crippen LogP contribution in [0, 0.1) is 6.92 Å². The quantitative estimate of drug-likeness (QED) is 0.398. The summed E-state index contributed by atoms with van der Waals surface area (Å²) < 4.78 is 6.02. The van der Waals surface area contributed by atoms with Gasteiger partial charge in [0, 0.05) is 21.2 Å². The van der Waals surface area contributed by atoms with Crippen molar-refractivity contribution in [3.63, 3.8) is 0 Å². The Morgan fingerprint density at radius 2 is 1.63 bits per heavy atom. The van der Waals surface area contributed by atoms with E-state index in [9.17, 15) is 0 Å². The standard InChI is InChI=1S/C17H11ClO/c1-10-8-15-14-9-11(18)6-7-16(14)19-17(15)13-5-3-2-4-12(10)13/h2-9H,1H3. The van der Waals surface area contributed by atoms with E-state index in [1.54, 1.807) is 0 Å². The van der Waals surface area contributed by atoms with Crippen LogP contribution in [0.3, 0.4) is 0 Å². The molecule has 0 amide bonds. The number of hydrogen-bond acceptors (Lipinski definition) is 1. The Balaban J connectivity index is 2.32. The molecule has 19 heavy (non-hydrogen) atoms. The van der Waals surface area contributed by atoms with Gasteiger partial charge < -0.3 is 4.42 Å². The lowest BCUT2D eigenvalue weighted by atomic mass is 10.0. The van der Waals surface area contributed by atoms with Crippen LogP contribution < -0.4 is 0 Å². The van der Waals surface area contributed by atoms with Gasteiger partial charge in [0.2, 0.25) is 0 Å². The van der Waals surface area contributed by atoms with E-state index in [-0.39, 0.29) is 0 Å². The molecule has 3 aromatic carbocycles. The minimum Gasteiger partial charge on any atom is -0.455 e. The third-order valence-electron chi connectivity index (χ3n) is 3.65. The highest BCUT2D eigenvalue weighted by Gasteiger charge is 2.11. The maximum atomic E-state index is 6.09. The summed E-state index contributed by atoms with van der Waals surface area (Å²) in [4.78, 5) is 0. The Bertz CT molecular complexity index is 934. The number of hydrogen-bond donors (Lipinski definition) is 0. The summed E-state index contributed by atoms with van der Waals surface area (Å²) in [5.41, 5.74) is 3.08. The lowest BCUT2D eigenvalue weighted by Crippen LogP contribution is -1.79. The van der Waals surface area contributed by atoms with E-state index >= 15 is 0 Å². The van der Waals surface area contributed by atoms with Crippen LogP contribution in [0.2, 0.25) is 5.02 Å². The van der Waals surface area contributed by atoms with Crippen LogP contribution in [-0.4, -0.2) is 0 Å². The van der Waals surface area contributed by atoms with Gasteiger partial charge in [-0.05, 0) is 42.1 Å². The Labute approximate surface area is 115 Å². The monoisotopic (exact) mass is 266 g/mol. The minimum absolute atomic E-state index is 0.737. The van der Waals surface area contributed by atoms with E-state index in [2.05, 4.69) is 31.2 Å². The molecule has 1 heterocycles. The SMILES string of the molecule is Cc1cc2c3cc(Cl)ccc3oc2c2ccccc12. The number of aryl methyl sites for hydroxylation is 1. The smallest absolute Gasteiger partial charge is 0.143 e. The molecule has 0 saturated carbocycles. The van der Waals surface area contributed by atoms with Crippen molar-refractivity contribution in [2.75, 3.05) is 0 Å². The highest BCUT2D eigenvalue weighted by atomic mass is 35.5. The third-order valence-corrected chi connectivity index (χ3v) is 3.88. The Kier molecular flexibility index (Phi) is 2.15. The van der Waals surface area contributed by atoms with Gasteiger partial charge in [-0.15, -0.1) is 0 Å². The molecule has 0 aliphatic carbocycles. The molecule has 4 aromatic rings. The Morgan fingerprint density at radius 1 is 0.842 bits per heavy atom. The van der Waals surface area contributed by atoms with E-state index in [1.165, 1.54) is 10.9 Å². The predicted octanol–water partition coefficient (Wildman–Crippen LogP) is 5.70. The zero-order valence-electron chi connectivity index (χ0n) is 10.4. The molecular weight excluding hydrogens is 256 g/mol. The fraction of sp³-hybridized carbons (Fsp3) is 0.0588. The molecule has 0 spiro atoms. The van der Waals surface area contributed by atoms with Crippen LogP contribution in [0.4, 0.5) is 0 Å². The molecule has 1 nitrogen and oxygen atoms in total. The molecule has 0 bridgehead atoms. The predicted molar refractivity (Wildman–Crippen MR) is 81.0 cm³/mol. The zero-order valence-corrected chi connectivity index (χ0v) is 11.2. The maximum Gasteiger partial charge on any atom is 0.143 e. The van der Waals surface area contributed by atoms with Gasteiger partial charge in [-0.2, -0.15) is 0 Å². The molecule has 0 atom stereocenters. The van der Waals surface area contributed by atoms with Gasteiger partial charge in [-0.3, -0.25) is 0 Å². The van der Waals surface area contributed by atoms with E-state index < -0.39 is 0 Å². The number of rotatable bonds is 0. The molecule has 92 valence electrons. The summed E-state index contributed by atoms with van der Waals surface area (Å²) in [5.74, 6) is 0. The summed E-state index contributed by atoms with van der Waals surface area (Å²) in [6.45, 7) is 2.13. The summed E-state index contributed by atoms with van der Waals surface area (Å²) in [6.07, 6.45) is 0. The molecular formula is C17H11ClO. The normalized spacial score (nSPS) is 11.7. The number of benzene rings is 3. The second-order valence-corrected chi connectivity index (χ2v) is 5.29. The van der Waals surface area contributed by atoms with Crippen molar-refractivity contribution in [2.45, 2.75) is 6.92 Å². The highest BCUT2D eigenvalue weighted by Crippen LogP contribution is 2.36. The molecule has 4 rings (SSSR count). The fourth-order valence-electron chi connectivity index (χ4n) is 2.75. The van der Waals surface area contributed by atoms with E-state index in [0.29, 0.717) is 0 Å². The van der Waals surface area contributed by atoms with Crippen LogP contribution in [0.25, 0.3) is 32.7 Å². The first-order valence-corrected chi connectivity index (χ1v) is 6.62. The first kappa shape index (κ1) is 10.9. The third kappa shape index (κ3) is 1.48. The fourth-order valence-corrected chi connectivity index (χ4v) is 2.92. The molecule has 1 aromatic heterocycles. The molecule has 0 saturated heterocycles. The second kappa shape index (κ2) is 3.75. The topological polar surface area (TPSA) is 13.1 Å². The molecule has 0 N–H and O–H groups in total. The van der Waals surface area contributed by atoms with Crippen molar-refractivity contribution in [2.24, 2.45) is 0 Å². The van der Waals surface area contributed by atoms with Gasteiger partial charge in [-0.25, -0.2) is 0 Å². The summed E-state index contributed by atoms with van der Waals surface area (Å²) >= 11 is 6.09. The average molecular weight is 267 g/mol. The van der Waals surface area contributed by atoms with Crippen LogP contribution in [0.1, 0.15) is 5.56 Å². The lowest BCUT2D eigenvalue weighted by molar-refractivity contribution is 0.672. The summed E-state index contributed by atoms with van der Waals surface area (Å²) in [5, 5.41) is 5.34. The Morgan fingerprint density at radius 3 is 2.47 bits per heavy atom. The molecule has 0 aliphatic heterocycles. The average Bonchev–Trinajstić information content (AvgIpc) is 2.78. The summed E-state index contributed by atoms with van der Waals surface area (Å²) in [7, 11) is 0. The van der Waals surface area contributed by atoms with E-state index in [4.69, 9.17) is 16.0 Å². The largest absolute Gasteiger partial charge is 0.455 e. The van der Waals surface area contributed by atoms with Crippen LogP contribution in [-0.2, 0) is 0 Å². The van der Waals surface area contributed by atoms with Gasteiger partial charge >= 0.3 is 0 Å². The molecule has 0 radical (unpaired) electrons. The molecule has 0 unspecified atom stereocenters. The van der Waals surface area contributed by atoms with E-state index in [1.807, 2.05) is 24.3 Å². The number of halogens is 1. The van der Waals surface area contributed by atoms with E-state index in [0.717, 1.165) is 32.3 Å². The van der Waals surface area contributed by atoms with Crippen molar-refractivity contribution in [3.8, 4) is 0 Å². The number of fused-ring (bicyclic) bond motifs is 5. The van der Waals surface area contributed by atoms with Crippen molar-refractivity contribution in [1.29, 1.82) is 0 Å². The van der Waals surface area contributed by atoms with Gasteiger partial charge in [0.25, 0.3) is 0 Å². The minimum atomic E-state index is 0.737. The maximum absolute atomic E-state index is 6.09. The van der Waals surface area contributed by atoms with Crippen molar-refractivity contribution in [3.05, 3.63) is 59.1 Å². The zero-order chi connectivity index (χ0) is 13.0. The number of furan rings is 1. The Hall–Kier alpha value is -1.99. The molecule has 0 aliphatic rings. The highest BCUT2D eigenvalue weighted by molar-refractivity contribution is 6.32. The first-order chi connectivity index (χ1) is 9.24. The summed E-state index contributed by atoms with van der Waals surface area (Å²) in [6, 6.07) is 16.3. The second-order valence-electron chi connectivity index (χ2n) is 4.86.